The smallest absolute Gasteiger partial charge is 0.147 e. The minimum Gasteiger partial charge on any atom is -0.316 e. The lowest BCUT2D eigenvalue weighted by Gasteiger charge is -2.14. The SMILES string of the molecule is Cc1n[nH]c([C@@H]2CNC[C@H]2C2CC2)n1.Cl.Cl. The molecule has 6 heteroatoms. The van der Waals surface area contributed by atoms with Gasteiger partial charge in [-0.15, -0.1) is 24.8 Å². The molecule has 2 atom stereocenters. The third-order valence-electron chi connectivity index (χ3n) is 3.45. The van der Waals surface area contributed by atoms with E-state index in [4.69, 9.17) is 0 Å². The van der Waals surface area contributed by atoms with Gasteiger partial charge in [0.1, 0.15) is 11.6 Å². The van der Waals surface area contributed by atoms with Crippen molar-refractivity contribution in [2.75, 3.05) is 13.1 Å². The number of nitrogens with one attached hydrogen (secondary N) is 2. The molecule has 16 heavy (non-hydrogen) atoms. The summed E-state index contributed by atoms with van der Waals surface area (Å²) < 4.78 is 0. The first-order valence-corrected chi connectivity index (χ1v) is 5.44. The number of aryl methyl sites for hydroxylation is 1. The third-order valence-corrected chi connectivity index (χ3v) is 3.45. The van der Waals surface area contributed by atoms with Crippen LogP contribution in [0.25, 0.3) is 0 Å². The molecule has 0 bridgehead atoms. The van der Waals surface area contributed by atoms with Gasteiger partial charge in [0.05, 0.1) is 0 Å². The molecule has 0 unspecified atom stereocenters. The Labute approximate surface area is 108 Å². The zero-order valence-corrected chi connectivity index (χ0v) is 10.9. The number of nitrogens with zero attached hydrogens (tertiary/aromatic N) is 2. The van der Waals surface area contributed by atoms with Crippen molar-refractivity contribution in [1.82, 2.24) is 20.5 Å². The predicted molar refractivity (Wildman–Crippen MR) is 67.4 cm³/mol. The van der Waals surface area contributed by atoms with Gasteiger partial charge in [-0.2, -0.15) is 5.10 Å². The molecule has 4 nitrogen and oxygen atoms in total. The third kappa shape index (κ3) is 2.50. The van der Waals surface area contributed by atoms with Crippen LogP contribution in [0.1, 0.15) is 30.4 Å². The van der Waals surface area contributed by atoms with Crippen LogP contribution >= 0.6 is 24.8 Å². The highest BCUT2D eigenvalue weighted by atomic mass is 35.5. The maximum absolute atomic E-state index is 4.45. The number of H-pyrrole nitrogens is 1. The summed E-state index contributed by atoms with van der Waals surface area (Å²) in [5, 5.41) is 10.6. The minimum absolute atomic E-state index is 0. The Hall–Kier alpha value is -0.320. The maximum Gasteiger partial charge on any atom is 0.147 e. The van der Waals surface area contributed by atoms with Crippen molar-refractivity contribution < 1.29 is 0 Å². The van der Waals surface area contributed by atoms with Crippen LogP contribution in [0.4, 0.5) is 0 Å². The molecule has 1 aliphatic carbocycles. The van der Waals surface area contributed by atoms with Crippen LogP contribution < -0.4 is 5.32 Å². The minimum atomic E-state index is 0. The Morgan fingerprint density at radius 2 is 1.94 bits per heavy atom. The lowest BCUT2D eigenvalue weighted by Crippen LogP contribution is -2.14. The first-order chi connectivity index (χ1) is 6.84. The van der Waals surface area contributed by atoms with E-state index in [9.17, 15) is 0 Å². The van der Waals surface area contributed by atoms with Gasteiger partial charge in [0.25, 0.3) is 0 Å². The Morgan fingerprint density at radius 3 is 2.50 bits per heavy atom. The molecule has 0 amide bonds. The highest BCUT2D eigenvalue weighted by molar-refractivity contribution is 5.85. The van der Waals surface area contributed by atoms with E-state index in [1.807, 2.05) is 6.92 Å². The zero-order chi connectivity index (χ0) is 9.54. The molecule has 3 rings (SSSR count). The number of hydrogen-bond acceptors (Lipinski definition) is 3. The van der Waals surface area contributed by atoms with Crippen molar-refractivity contribution in [1.29, 1.82) is 0 Å². The molecule has 1 aromatic heterocycles. The molecule has 2 aliphatic rings. The van der Waals surface area contributed by atoms with Gasteiger partial charge in [0.2, 0.25) is 0 Å². The first kappa shape index (κ1) is 13.7. The summed E-state index contributed by atoms with van der Waals surface area (Å²) in [5.41, 5.74) is 0. The quantitative estimate of drug-likeness (QED) is 0.855. The maximum atomic E-state index is 4.45. The lowest BCUT2D eigenvalue weighted by atomic mass is 9.91. The topological polar surface area (TPSA) is 53.6 Å². The number of hydrogen-bond donors (Lipinski definition) is 2. The van der Waals surface area contributed by atoms with E-state index < -0.39 is 0 Å². The number of halogens is 2. The second kappa shape index (κ2) is 5.34. The van der Waals surface area contributed by atoms with Crippen LogP contribution in [-0.2, 0) is 0 Å². The predicted octanol–water partition coefficient (Wildman–Crippen LogP) is 1.67. The van der Waals surface area contributed by atoms with Crippen LogP contribution in [0.2, 0.25) is 0 Å². The molecule has 1 aliphatic heterocycles. The Balaban J connectivity index is 0.000000640. The number of aromatic amines is 1. The number of aromatic nitrogens is 3. The first-order valence-electron chi connectivity index (χ1n) is 5.44. The van der Waals surface area contributed by atoms with Gasteiger partial charge < -0.3 is 5.32 Å². The molecular weight excluding hydrogens is 247 g/mol. The molecule has 0 spiro atoms. The molecule has 0 aromatic carbocycles. The molecule has 2 fully saturated rings. The average Bonchev–Trinajstić information content (AvgIpc) is 2.75. The van der Waals surface area contributed by atoms with Crippen molar-refractivity contribution >= 4 is 24.8 Å². The largest absolute Gasteiger partial charge is 0.316 e. The summed E-state index contributed by atoms with van der Waals surface area (Å²) in [4.78, 5) is 4.45. The monoisotopic (exact) mass is 264 g/mol. The van der Waals surface area contributed by atoms with Gasteiger partial charge in [-0.25, -0.2) is 4.98 Å². The van der Waals surface area contributed by atoms with Gasteiger partial charge in [-0.3, -0.25) is 5.10 Å². The molecule has 2 N–H and O–H groups in total. The summed E-state index contributed by atoms with van der Waals surface area (Å²) in [7, 11) is 0. The fourth-order valence-corrected chi connectivity index (χ4v) is 2.55. The van der Waals surface area contributed by atoms with E-state index in [-0.39, 0.29) is 24.8 Å². The Bertz CT molecular complexity index is 337. The molecule has 1 saturated heterocycles. The summed E-state index contributed by atoms with van der Waals surface area (Å²) in [5.74, 6) is 4.26. The fraction of sp³-hybridized carbons (Fsp3) is 0.800. The van der Waals surface area contributed by atoms with Gasteiger partial charge in [-0.1, -0.05) is 0 Å². The van der Waals surface area contributed by atoms with Crippen LogP contribution in [0, 0.1) is 18.8 Å². The molecule has 1 aromatic rings. The van der Waals surface area contributed by atoms with Gasteiger partial charge in [0, 0.05) is 12.5 Å². The van der Waals surface area contributed by atoms with Crippen molar-refractivity contribution in [3.05, 3.63) is 11.6 Å². The van der Waals surface area contributed by atoms with Crippen molar-refractivity contribution in [2.24, 2.45) is 11.8 Å². The normalized spacial score (nSPS) is 28.3. The molecule has 0 radical (unpaired) electrons. The molecule has 2 heterocycles. The summed E-state index contributed by atoms with van der Waals surface area (Å²) >= 11 is 0. The van der Waals surface area contributed by atoms with Crippen molar-refractivity contribution in [2.45, 2.75) is 25.7 Å². The van der Waals surface area contributed by atoms with Gasteiger partial charge in [-0.05, 0) is 38.1 Å². The summed E-state index contributed by atoms with van der Waals surface area (Å²) in [6.45, 7) is 4.17. The Morgan fingerprint density at radius 1 is 1.19 bits per heavy atom. The zero-order valence-electron chi connectivity index (χ0n) is 9.27. The van der Waals surface area contributed by atoms with Crippen LogP contribution in [0.3, 0.4) is 0 Å². The van der Waals surface area contributed by atoms with Crippen molar-refractivity contribution in [3.63, 3.8) is 0 Å². The van der Waals surface area contributed by atoms with Gasteiger partial charge >= 0.3 is 0 Å². The van der Waals surface area contributed by atoms with E-state index in [0.29, 0.717) is 5.92 Å². The van der Waals surface area contributed by atoms with Crippen LogP contribution in [0.15, 0.2) is 0 Å². The van der Waals surface area contributed by atoms with Crippen LogP contribution in [-0.4, -0.2) is 28.3 Å². The second-order valence-electron chi connectivity index (χ2n) is 4.53. The fourth-order valence-electron chi connectivity index (χ4n) is 2.55. The lowest BCUT2D eigenvalue weighted by molar-refractivity contribution is 0.443. The van der Waals surface area contributed by atoms with E-state index in [2.05, 4.69) is 20.5 Å². The average molecular weight is 265 g/mol. The molecule has 1 saturated carbocycles. The summed E-state index contributed by atoms with van der Waals surface area (Å²) in [6, 6.07) is 0. The van der Waals surface area contributed by atoms with E-state index in [0.717, 1.165) is 36.6 Å². The molecular formula is C10H18Cl2N4. The standard InChI is InChI=1S/C10H16N4.2ClH/c1-6-12-10(14-13-6)9-5-11-4-8(9)7-2-3-7;;/h7-9,11H,2-5H2,1H3,(H,12,13,14);2*1H/t8-,9+;;/m0../s1. The van der Waals surface area contributed by atoms with E-state index in [1.54, 1.807) is 0 Å². The highest BCUT2D eigenvalue weighted by Gasteiger charge is 2.41. The van der Waals surface area contributed by atoms with E-state index >= 15 is 0 Å². The second-order valence-corrected chi connectivity index (χ2v) is 4.53. The highest BCUT2D eigenvalue weighted by Crippen LogP contribution is 2.44. The van der Waals surface area contributed by atoms with E-state index in [1.165, 1.54) is 12.8 Å². The number of rotatable bonds is 2. The van der Waals surface area contributed by atoms with Gasteiger partial charge in [0.15, 0.2) is 0 Å². The summed E-state index contributed by atoms with van der Waals surface area (Å²) in [6.07, 6.45) is 2.83. The molecule has 92 valence electrons. The van der Waals surface area contributed by atoms with Crippen LogP contribution in [0.5, 0.6) is 0 Å². The van der Waals surface area contributed by atoms with Crippen molar-refractivity contribution in [3.8, 4) is 0 Å². The Kier molecular flexibility index (Phi) is 4.59.